The molecule has 0 aromatic carbocycles. The third-order valence-electron chi connectivity index (χ3n) is 3.75. The van der Waals surface area contributed by atoms with Crippen LogP contribution in [0.5, 0.6) is 0 Å². The van der Waals surface area contributed by atoms with Gasteiger partial charge >= 0.3 is 0 Å². The first-order valence-electron chi connectivity index (χ1n) is 6.09. The first-order valence-corrected chi connectivity index (χ1v) is 6.09. The van der Waals surface area contributed by atoms with Gasteiger partial charge < -0.3 is 15.4 Å². The summed E-state index contributed by atoms with van der Waals surface area (Å²) >= 11 is 0. The van der Waals surface area contributed by atoms with Gasteiger partial charge in [-0.05, 0) is 37.8 Å². The van der Waals surface area contributed by atoms with E-state index in [0.29, 0.717) is 6.10 Å². The predicted molar refractivity (Wildman–Crippen MR) is 63.9 cm³/mol. The van der Waals surface area contributed by atoms with Gasteiger partial charge in [-0.3, -0.25) is 0 Å². The molecule has 1 rings (SSSR count). The Morgan fingerprint density at radius 2 is 2.27 bits per heavy atom. The van der Waals surface area contributed by atoms with Crippen LogP contribution in [-0.2, 0) is 4.74 Å². The van der Waals surface area contributed by atoms with Crippen molar-refractivity contribution < 1.29 is 4.74 Å². The quantitative estimate of drug-likeness (QED) is 0.753. The molecule has 0 aromatic rings. The minimum absolute atomic E-state index is 0.273. The van der Waals surface area contributed by atoms with Gasteiger partial charge in [0.05, 0.1) is 6.10 Å². The molecule has 15 heavy (non-hydrogen) atoms. The molecular formula is C12H26N2O. The maximum Gasteiger partial charge on any atom is 0.0698 e. The molecule has 1 heterocycles. The van der Waals surface area contributed by atoms with E-state index in [0.717, 1.165) is 26.1 Å². The number of hydrogen-bond donors (Lipinski definition) is 1. The molecule has 1 aliphatic heterocycles. The highest BCUT2D eigenvalue weighted by Crippen LogP contribution is 2.23. The van der Waals surface area contributed by atoms with Crippen molar-refractivity contribution in [1.82, 2.24) is 4.90 Å². The molecular weight excluding hydrogens is 188 g/mol. The predicted octanol–water partition coefficient (Wildman–Crippen LogP) is 1.47. The Bertz CT molecular complexity index is 180. The van der Waals surface area contributed by atoms with Crippen molar-refractivity contribution in [3.63, 3.8) is 0 Å². The summed E-state index contributed by atoms with van der Waals surface area (Å²) in [6, 6.07) is 0. The van der Waals surface area contributed by atoms with Gasteiger partial charge in [-0.25, -0.2) is 0 Å². The summed E-state index contributed by atoms with van der Waals surface area (Å²) in [5, 5.41) is 0. The molecule has 2 unspecified atom stereocenters. The number of rotatable bonds is 5. The van der Waals surface area contributed by atoms with Crippen LogP contribution in [0.2, 0.25) is 0 Å². The highest BCUT2D eigenvalue weighted by molar-refractivity contribution is 4.81. The molecule has 1 fully saturated rings. The fraction of sp³-hybridized carbons (Fsp3) is 1.00. The molecule has 2 atom stereocenters. The van der Waals surface area contributed by atoms with Gasteiger partial charge in [0.1, 0.15) is 0 Å². The van der Waals surface area contributed by atoms with Gasteiger partial charge in [-0.1, -0.05) is 13.8 Å². The first-order chi connectivity index (χ1) is 7.13. The zero-order valence-corrected chi connectivity index (χ0v) is 10.5. The van der Waals surface area contributed by atoms with Crippen LogP contribution in [0, 0.1) is 5.41 Å². The molecule has 0 radical (unpaired) electrons. The van der Waals surface area contributed by atoms with E-state index in [1.54, 1.807) is 0 Å². The molecule has 0 saturated carbocycles. The Morgan fingerprint density at radius 3 is 2.80 bits per heavy atom. The second kappa shape index (κ2) is 5.83. The Hall–Kier alpha value is -0.120. The number of nitrogens with two attached hydrogens (primary N) is 1. The van der Waals surface area contributed by atoms with E-state index in [-0.39, 0.29) is 5.41 Å². The lowest BCUT2D eigenvalue weighted by Gasteiger charge is -2.38. The normalized spacial score (nSPS) is 27.6. The molecule has 90 valence electrons. The fourth-order valence-corrected chi connectivity index (χ4v) is 2.21. The lowest BCUT2D eigenvalue weighted by molar-refractivity contribution is 0.0167. The summed E-state index contributed by atoms with van der Waals surface area (Å²) in [4.78, 5) is 2.51. The van der Waals surface area contributed by atoms with Crippen molar-refractivity contribution in [2.24, 2.45) is 11.1 Å². The number of ether oxygens (including phenoxy) is 1. The minimum Gasteiger partial charge on any atom is -0.380 e. The van der Waals surface area contributed by atoms with E-state index in [4.69, 9.17) is 10.5 Å². The number of piperidine rings is 1. The molecule has 1 saturated heterocycles. The van der Waals surface area contributed by atoms with Crippen molar-refractivity contribution in [3.8, 4) is 0 Å². The molecule has 3 heteroatoms. The van der Waals surface area contributed by atoms with E-state index >= 15 is 0 Å². The number of hydrogen-bond acceptors (Lipinski definition) is 3. The Kier molecular flexibility index (Phi) is 5.03. The van der Waals surface area contributed by atoms with Crippen LogP contribution in [0.3, 0.4) is 0 Å². The van der Waals surface area contributed by atoms with Crippen molar-refractivity contribution in [2.45, 2.75) is 39.2 Å². The lowest BCUT2D eigenvalue weighted by Crippen LogP contribution is -2.46. The van der Waals surface area contributed by atoms with Crippen LogP contribution in [-0.4, -0.2) is 44.3 Å². The maximum absolute atomic E-state index is 5.84. The number of likely N-dealkylation sites (tertiary alicyclic amines) is 1. The van der Waals surface area contributed by atoms with Crippen molar-refractivity contribution in [2.75, 3.05) is 33.3 Å². The second-order valence-electron chi connectivity index (χ2n) is 5.10. The molecule has 0 bridgehead atoms. The van der Waals surface area contributed by atoms with Crippen molar-refractivity contribution in [3.05, 3.63) is 0 Å². The molecule has 0 aromatic heterocycles. The molecule has 0 spiro atoms. The van der Waals surface area contributed by atoms with E-state index in [2.05, 4.69) is 18.7 Å². The van der Waals surface area contributed by atoms with Crippen LogP contribution in [0.4, 0.5) is 0 Å². The van der Waals surface area contributed by atoms with Gasteiger partial charge in [-0.15, -0.1) is 0 Å². The van der Waals surface area contributed by atoms with Crippen molar-refractivity contribution in [1.29, 1.82) is 0 Å². The van der Waals surface area contributed by atoms with E-state index in [1.807, 2.05) is 7.11 Å². The fourth-order valence-electron chi connectivity index (χ4n) is 2.21. The van der Waals surface area contributed by atoms with E-state index in [1.165, 1.54) is 19.4 Å². The zero-order valence-electron chi connectivity index (χ0n) is 10.5. The van der Waals surface area contributed by atoms with Crippen LogP contribution in [0.15, 0.2) is 0 Å². The third-order valence-corrected chi connectivity index (χ3v) is 3.75. The van der Waals surface area contributed by atoms with Gasteiger partial charge in [0.2, 0.25) is 0 Å². The monoisotopic (exact) mass is 214 g/mol. The minimum atomic E-state index is 0.273. The highest BCUT2D eigenvalue weighted by atomic mass is 16.5. The molecule has 3 nitrogen and oxygen atoms in total. The third kappa shape index (κ3) is 3.74. The largest absolute Gasteiger partial charge is 0.380 e. The maximum atomic E-state index is 5.84. The standard InChI is InChI=1S/C12H26N2O/c1-4-12(2,9-13)10-14-7-5-6-11(8-14)15-3/h11H,4-10,13H2,1-3H3. The number of methoxy groups -OCH3 is 1. The molecule has 1 aliphatic rings. The van der Waals surface area contributed by atoms with Gasteiger partial charge in [0, 0.05) is 20.2 Å². The van der Waals surface area contributed by atoms with Crippen LogP contribution >= 0.6 is 0 Å². The summed E-state index contributed by atoms with van der Waals surface area (Å²) in [6.07, 6.45) is 4.04. The molecule has 2 N–H and O–H groups in total. The zero-order chi connectivity index (χ0) is 11.3. The summed E-state index contributed by atoms with van der Waals surface area (Å²) in [5.41, 5.74) is 6.12. The summed E-state index contributed by atoms with van der Waals surface area (Å²) in [5.74, 6) is 0. The van der Waals surface area contributed by atoms with Gasteiger partial charge in [0.25, 0.3) is 0 Å². The first kappa shape index (κ1) is 12.9. The van der Waals surface area contributed by atoms with Gasteiger partial charge in [0.15, 0.2) is 0 Å². The second-order valence-corrected chi connectivity index (χ2v) is 5.10. The average molecular weight is 214 g/mol. The average Bonchev–Trinajstić information content (AvgIpc) is 2.29. The Morgan fingerprint density at radius 1 is 1.53 bits per heavy atom. The molecule has 0 aliphatic carbocycles. The SMILES string of the molecule is CCC(C)(CN)CN1CCCC(OC)C1. The van der Waals surface area contributed by atoms with Crippen LogP contribution in [0.1, 0.15) is 33.1 Å². The smallest absolute Gasteiger partial charge is 0.0698 e. The summed E-state index contributed by atoms with van der Waals surface area (Å²) in [6.45, 7) is 8.67. The van der Waals surface area contributed by atoms with Crippen molar-refractivity contribution >= 4 is 0 Å². The number of nitrogens with zero attached hydrogens (tertiary/aromatic N) is 1. The topological polar surface area (TPSA) is 38.5 Å². The summed E-state index contributed by atoms with van der Waals surface area (Å²) < 4.78 is 5.43. The van der Waals surface area contributed by atoms with Crippen LogP contribution < -0.4 is 5.73 Å². The lowest BCUT2D eigenvalue weighted by atomic mass is 9.86. The highest BCUT2D eigenvalue weighted by Gasteiger charge is 2.27. The Labute approximate surface area is 94.0 Å². The summed E-state index contributed by atoms with van der Waals surface area (Å²) in [7, 11) is 1.82. The van der Waals surface area contributed by atoms with E-state index < -0.39 is 0 Å². The van der Waals surface area contributed by atoms with Crippen LogP contribution in [0.25, 0.3) is 0 Å². The Balaban J connectivity index is 2.43. The molecule has 0 amide bonds. The van der Waals surface area contributed by atoms with Gasteiger partial charge in [-0.2, -0.15) is 0 Å². The van der Waals surface area contributed by atoms with E-state index in [9.17, 15) is 0 Å².